The van der Waals surface area contributed by atoms with Crippen LogP contribution in [-0.2, 0) is 9.59 Å². The van der Waals surface area contributed by atoms with E-state index in [1.807, 2.05) is 13.0 Å². The molecule has 8 heteroatoms. The van der Waals surface area contributed by atoms with E-state index in [1.165, 1.54) is 24.1 Å². The number of Topliss-reactive ketones (excluding diaryl/α,β-unsaturated/α-hetero) is 1. The van der Waals surface area contributed by atoms with Crippen molar-refractivity contribution in [2.45, 2.75) is 19.4 Å². The van der Waals surface area contributed by atoms with Gasteiger partial charge in [0.1, 0.15) is 17.3 Å². The fraction of sp³-hybridized carbons (Fsp3) is 0.185. The summed E-state index contributed by atoms with van der Waals surface area (Å²) in [5.41, 5.74) is 1.15. The molecule has 1 atom stereocenters. The number of ether oxygens (including phenoxy) is 2. The zero-order valence-corrected chi connectivity index (χ0v) is 20.6. The van der Waals surface area contributed by atoms with E-state index in [0.29, 0.717) is 23.6 Å². The second-order valence-corrected chi connectivity index (χ2v) is 8.73. The van der Waals surface area contributed by atoms with E-state index in [4.69, 9.17) is 32.7 Å². The molecule has 3 aromatic carbocycles. The Balaban J connectivity index is 1.93. The summed E-state index contributed by atoms with van der Waals surface area (Å²) in [6.45, 7) is 2.58. The van der Waals surface area contributed by atoms with Crippen LogP contribution in [0.4, 0.5) is 5.69 Å². The van der Waals surface area contributed by atoms with Gasteiger partial charge in [0.2, 0.25) is 0 Å². The van der Waals surface area contributed by atoms with Crippen LogP contribution in [0.15, 0.2) is 72.3 Å². The van der Waals surface area contributed by atoms with Gasteiger partial charge in [-0.05, 0) is 48.4 Å². The number of methoxy groups -OCH3 is 1. The number of aliphatic hydroxyl groups is 1. The number of nitrogens with zero attached hydrogens (tertiary/aromatic N) is 1. The molecule has 4 rings (SSSR count). The summed E-state index contributed by atoms with van der Waals surface area (Å²) in [6, 6.07) is 17.9. The van der Waals surface area contributed by atoms with Crippen molar-refractivity contribution in [2.75, 3.05) is 18.6 Å². The average molecular weight is 512 g/mol. The van der Waals surface area contributed by atoms with Gasteiger partial charge in [-0.25, -0.2) is 0 Å². The van der Waals surface area contributed by atoms with Crippen LogP contribution in [0.25, 0.3) is 5.76 Å². The summed E-state index contributed by atoms with van der Waals surface area (Å²) in [4.78, 5) is 27.9. The highest BCUT2D eigenvalue weighted by atomic mass is 35.5. The molecule has 0 saturated carbocycles. The lowest BCUT2D eigenvalue weighted by Crippen LogP contribution is -2.29. The summed E-state index contributed by atoms with van der Waals surface area (Å²) in [5.74, 6) is -1.22. The number of anilines is 1. The molecule has 1 amide bonds. The van der Waals surface area contributed by atoms with E-state index >= 15 is 0 Å². The van der Waals surface area contributed by atoms with Crippen molar-refractivity contribution >= 4 is 46.3 Å². The zero-order chi connectivity index (χ0) is 25.1. The highest BCUT2D eigenvalue weighted by molar-refractivity contribution is 6.51. The first-order chi connectivity index (χ1) is 16.9. The molecule has 0 bridgehead atoms. The monoisotopic (exact) mass is 511 g/mol. The van der Waals surface area contributed by atoms with Crippen LogP contribution in [-0.4, -0.2) is 30.5 Å². The van der Waals surface area contributed by atoms with E-state index in [9.17, 15) is 14.7 Å². The molecule has 1 heterocycles. The van der Waals surface area contributed by atoms with E-state index in [0.717, 1.165) is 6.42 Å². The van der Waals surface area contributed by atoms with Crippen LogP contribution in [0.3, 0.4) is 0 Å². The Morgan fingerprint density at radius 3 is 2.34 bits per heavy atom. The van der Waals surface area contributed by atoms with Crippen LogP contribution in [0, 0.1) is 0 Å². The Hall–Kier alpha value is -3.48. The van der Waals surface area contributed by atoms with Crippen LogP contribution in [0.2, 0.25) is 10.0 Å². The molecular weight excluding hydrogens is 489 g/mol. The van der Waals surface area contributed by atoms with Gasteiger partial charge >= 0.3 is 0 Å². The van der Waals surface area contributed by atoms with Crippen LogP contribution >= 0.6 is 23.2 Å². The predicted molar refractivity (Wildman–Crippen MR) is 136 cm³/mol. The Bertz CT molecular complexity index is 1290. The van der Waals surface area contributed by atoms with Crippen molar-refractivity contribution in [3.63, 3.8) is 0 Å². The molecule has 1 aliphatic rings. The van der Waals surface area contributed by atoms with Gasteiger partial charge in [-0.3, -0.25) is 14.5 Å². The van der Waals surface area contributed by atoms with Crippen molar-refractivity contribution < 1.29 is 24.2 Å². The number of hydrogen-bond donors (Lipinski definition) is 1. The third-order valence-electron chi connectivity index (χ3n) is 5.62. The zero-order valence-electron chi connectivity index (χ0n) is 19.1. The van der Waals surface area contributed by atoms with Crippen molar-refractivity contribution in [1.29, 1.82) is 0 Å². The lowest BCUT2D eigenvalue weighted by molar-refractivity contribution is -0.132. The minimum absolute atomic E-state index is 0.0993. The lowest BCUT2D eigenvalue weighted by Gasteiger charge is -2.25. The number of carbonyl (C=O) groups excluding carboxylic acids is 2. The Kier molecular flexibility index (Phi) is 7.34. The van der Waals surface area contributed by atoms with Crippen molar-refractivity contribution in [3.05, 3.63) is 93.5 Å². The van der Waals surface area contributed by atoms with Crippen molar-refractivity contribution in [1.82, 2.24) is 0 Å². The van der Waals surface area contributed by atoms with Crippen molar-refractivity contribution in [2.24, 2.45) is 0 Å². The second kappa shape index (κ2) is 10.4. The summed E-state index contributed by atoms with van der Waals surface area (Å²) in [5, 5.41) is 11.8. The van der Waals surface area contributed by atoms with E-state index in [-0.39, 0.29) is 26.9 Å². The quantitative estimate of drug-likeness (QED) is 0.225. The number of amides is 1. The largest absolute Gasteiger partial charge is 0.507 e. The van der Waals surface area contributed by atoms with Crippen LogP contribution in [0.5, 0.6) is 11.5 Å². The highest BCUT2D eigenvalue weighted by Gasteiger charge is 2.47. The fourth-order valence-corrected chi connectivity index (χ4v) is 4.63. The summed E-state index contributed by atoms with van der Waals surface area (Å²) >= 11 is 12.5. The summed E-state index contributed by atoms with van der Waals surface area (Å²) in [7, 11) is 1.39. The summed E-state index contributed by atoms with van der Waals surface area (Å²) in [6.07, 6.45) is 0.861. The van der Waals surface area contributed by atoms with Gasteiger partial charge in [-0.1, -0.05) is 60.5 Å². The van der Waals surface area contributed by atoms with Crippen LogP contribution in [0.1, 0.15) is 30.5 Å². The maximum Gasteiger partial charge on any atom is 0.300 e. The number of benzene rings is 3. The third-order valence-corrected chi connectivity index (χ3v) is 6.11. The number of hydrogen-bond acceptors (Lipinski definition) is 5. The molecule has 0 spiro atoms. The molecule has 6 nitrogen and oxygen atoms in total. The average Bonchev–Trinajstić information content (AvgIpc) is 3.13. The molecular formula is C27H23Cl2NO5. The Morgan fingerprint density at radius 1 is 1.03 bits per heavy atom. The first-order valence-corrected chi connectivity index (χ1v) is 11.7. The van der Waals surface area contributed by atoms with Gasteiger partial charge in [-0.2, -0.15) is 0 Å². The number of ketones is 1. The molecule has 0 aliphatic carbocycles. The third kappa shape index (κ3) is 4.72. The molecule has 1 saturated heterocycles. The second-order valence-electron chi connectivity index (χ2n) is 7.89. The molecule has 0 aromatic heterocycles. The number of aliphatic hydroxyl groups excluding tert-OH is 1. The van der Waals surface area contributed by atoms with Gasteiger partial charge in [0.15, 0.2) is 0 Å². The summed E-state index contributed by atoms with van der Waals surface area (Å²) < 4.78 is 11.0. The minimum atomic E-state index is -0.903. The van der Waals surface area contributed by atoms with Crippen LogP contribution < -0.4 is 14.4 Å². The number of halogens is 2. The minimum Gasteiger partial charge on any atom is -0.507 e. The molecule has 1 N–H and O–H groups in total. The molecule has 180 valence electrons. The van der Waals surface area contributed by atoms with Gasteiger partial charge in [0.05, 0.1) is 35.9 Å². The number of rotatable bonds is 7. The predicted octanol–water partition coefficient (Wildman–Crippen LogP) is 6.42. The first-order valence-electron chi connectivity index (χ1n) is 11.0. The van der Waals surface area contributed by atoms with Gasteiger partial charge in [-0.15, -0.1) is 0 Å². The lowest BCUT2D eigenvalue weighted by atomic mass is 9.94. The Morgan fingerprint density at radius 2 is 1.71 bits per heavy atom. The number of para-hydroxylation sites is 1. The normalized spacial score (nSPS) is 17.0. The maximum atomic E-state index is 13.3. The molecule has 35 heavy (non-hydrogen) atoms. The van der Waals surface area contributed by atoms with E-state index in [2.05, 4.69) is 0 Å². The highest BCUT2D eigenvalue weighted by Crippen LogP contribution is 2.45. The Labute approximate surface area is 213 Å². The van der Waals surface area contributed by atoms with Gasteiger partial charge in [0, 0.05) is 10.7 Å². The molecule has 1 aliphatic heterocycles. The smallest absolute Gasteiger partial charge is 0.300 e. The molecule has 0 radical (unpaired) electrons. The number of carbonyl (C=O) groups is 2. The molecule has 3 aromatic rings. The van der Waals surface area contributed by atoms with E-state index < -0.39 is 23.5 Å². The SMILES string of the molecule is CCCOc1ccc(C2/C(=C(\O)c3cc(Cl)cc(Cl)c3OC)C(=O)C(=O)N2c2ccccc2)cc1. The molecule has 1 unspecified atom stereocenters. The topological polar surface area (TPSA) is 76.1 Å². The van der Waals surface area contributed by atoms with Crippen molar-refractivity contribution in [3.8, 4) is 11.5 Å². The molecule has 1 fully saturated rings. The maximum absolute atomic E-state index is 13.3. The fourth-order valence-electron chi connectivity index (χ4n) is 4.06. The standard InChI is InChI=1S/C27H23Cl2NO5/c1-3-13-35-19-11-9-16(10-12-19)23-22(24(31)20-14-17(28)15-21(29)26(20)34-2)25(32)27(33)30(23)18-7-5-4-6-8-18/h4-12,14-15,23,31H,3,13H2,1-2H3/b24-22+. The van der Waals surface area contributed by atoms with Gasteiger partial charge in [0.25, 0.3) is 11.7 Å². The van der Waals surface area contributed by atoms with E-state index in [1.54, 1.807) is 48.5 Å². The first kappa shape index (κ1) is 24.6. The van der Waals surface area contributed by atoms with Gasteiger partial charge < -0.3 is 14.6 Å².